The van der Waals surface area contributed by atoms with E-state index in [2.05, 4.69) is 49.1 Å². The second-order valence-corrected chi connectivity index (χ2v) is 17.0. The van der Waals surface area contributed by atoms with Gasteiger partial charge in [-0.2, -0.15) is 0 Å². The molecule has 5 aliphatic rings. The number of ether oxygens (including phenoxy) is 1. The van der Waals surface area contributed by atoms with Gasteiger partial charge in [0.05, 0.1) is 6.73 Å². The zero-order valence-electron chi connectivity index (χ0n) is 26.8. The van der Waals surface area contributed by atoms with Crippen molar-refractivity contribution < 1.29 is 4.74 Å². The van der Waals surface area contributed by atoms with Crippen LogP contribution in [0, 0.1) is 5.92 Å². The topological polar surface area (TPSA) is 12.5 Å². The van der Waals surface area contributed by atoms with E-state index in [9.17, 15) is 0 Å². The van der Waals surface area contributed by atoms with Gasteiger partial charge in [-0.25, -0.2) is 0 Å². The third kappa shape index (κ3) is 2.46. The van der Waals surface area contributed by atoms with E-state index in [0.29, 0.717) is 12.0 Å². The molecule has 2 nitrogen and oxygen atoms in total. The summed E-state index contributed by atoms with van der Waals surface area (Å²) in [6, 6.07) is 13.5. The average molecular weight is 706 g/mol. The van der Waals surface area contributed by atoms with E-state index in [1.54, 1.807) is 135 Å². The highest BCUT2D eigenvalue weighted by Crippen LogP contribution is 2.68. The summed E-state index contributed by atoms with van der Waals surface area (Å²) in [6.45, 7) is 7.30. The first-order chi connectivity index (χ1) is 23.7. The van der Waals surface area contributed by atoms with Crippen LogP contribution in [-0.2, 0) is 23.0 Å². The Morgan fingerprint density at radius 2 is 1.07 bits per heavy atom. The minimum absolute atomic E-state index is 0. The molecule has 0 aromatic heterocycles. The highest BCUT2D eigenvalue weighted by molar-refractivity contribution is 6.63. The molecule has 1 fully saturated rings. The molecule has 54 heavy (non-hydrogen) atoms. The van der Waals surface area contributed by atoms with Crippen molar-refractivity contribution in [1.29, 1.82) is 0 Å². The van der Waals surface area contributed by atoms with Crippen LogP contribution in [0.3, 0.4) is 0 Å². The number of hydrogen-bond acceptors (Lipinski definition) is 2. The molecule has 270 valence electrons. The van der Waals surface area contributed by atoms with Gasteiger partial charge in [-0.1, -0.05) is 74.8 Å². The standard InChI is InChI=1S/C46H27NO.6CH4/c1-3-24-46-12-21-10-19-8-16-5-15-6-18-7-17-9-20-11-22(23(46)13-47(24)14-48-4-2)32-37-28(20)27(17)34-29(18)33-25(15)26(16)35-30(19)36-31(21)45(46)44(32)43-41(36)39(35)38(33)40(34)42(37)43;;;;;;/h5-8,10,23-24H,3-4,9,11-14H2,1-2H3;6*1H4. The molecule has 12 aromatic carbocycles. The van der Waals surface area contributed by atoms with Crippen LogP contribution in [0.5, 0.6) is 0 Å². The van der Waals surface area contributed by atoms with Crippen molar-refractivity contribution in [2.75, 3.05) is 19.9 Å². The number of hydrogen-bond donors (Lipinski definition) is 0. The van der Waals surface area contributed by atoms with Crippen molar-refractivity contribution in [1.82, 2.24) is 4.90 Å². The van der Waals surface area contributed by atoms with E-state index in [0.717, 1.165) is 32.7 Å². The van der Waals surface area contributed by atoms with E-state index in [-0.39, 0.29) is 50.0 Å². The van der Waals surface area contributed by atoms with Crippen molar-refractivity contribution in [3.63, 3.8) is 0 Å². The van der Waals surface area contributed by atoms with Gasteiger partial charge in [0, 0.05) is 30.5 Å². The highest BCUT2D eigenvalue weighted by Gasteiger charge is 2.61. The molecule has 3 atom stereocenters. The smallest absolute Gasteiger partial charge is 0.0992 e. The summed E-state index contributed by atoms with van der Waals surface area (Å²) >= 11 is 0. The minimum atomic E-state index is 0. The van der Waals surface area contributed by atoms with Crippen LogP contribution in [-0.4, -0.2) is 30.8 Å². The average Bonchev–Trinajstić information content (AvgIpc) is 3.93. The summed E-state index contributed by atoms with van der Waals surface area (Å²) in [6.07, 6.45) is 4.64. The van der Waals surface area contributed by atoms with Crippen LogP contribution in [0.1, 0.15) is 87.9 Å². The summed E-state index contributed by atoms with van der Waals surface area (Å²) in [5.74, 6) is 0.541. The molecule has 2 heteroatoms. The van der Waals surface area contributed by atoms with E-state index in [1.807, 2.05) is 0 Å². The van der Waals surface area contributed by atoms with Crippen LogP contribution in [0.25, 0.3) is 130 Å². The monoisotopic (exact) mass is 705 g/mol. The fraction of sp³-hybridized carbons (Fsp3) is 0.346. The van der Waals surface area contributed by atoms with E-state index in [1.165, 1.54) is 34.4 Å². The Kier molecular flexibility index (Phi) is 5.46. The number of benzene rings is 8. The molecule has 1 spiro atoms. The Labute approximate surface area is 317 Å². The lowest BCUT2D eigenvalue weighted by Crippen LogP contribution is -2.48. The third-order valence-electron chi connectivity index (χ3n) is 15.9. The highest BCUT2D eigenvalue weighted by atomic mass is 16.5. The zero-order chi connectivity index (χ0) is 30.2. The quantitative estimate of drug-likeness (QED) is 0.169. The summed E-state index contributed by atoms with van der Waals surface area (Å²) in [7, 11) is 0. The maximum absolute atomic E-state index is 6.28. The van der Waals surface area contributed by atoms with Gasteiger partial charge in [0.1, 0.15) is 0 Å². The minimum Gasteiger partial charge on any atom is -0.366 e. The molecule has 12 aromatic rings. The largest absolute Gasteiger partial charge is 0.366 e. The predicted molar refractivity (Wildman–Crippen MR) is 241 cm³/mol. The van der Waals surface area contributed by atoms with Gasteiger partial charge in [0.25, 0.3) is 0 Å². The lowest BCUT2D eigenvalue weighted by atomic mass is 9.60. The third-order valence-corrected chi connectivity index (χ3v) is 15.9. The first kappa shape index (κ1) is 32.9. The van der Waals surface area contributed by atoms with E-state index in [4.69, 9.17) is 4.74 Å². The van der Waals surface area contributed by atoms with Crippen LogP contribution in [0.15, 0.2) is 30.3 Å². The molecule has 1 saturated heterocycles. The summed E-state index contributed by atoms with van der Waals surface area (Å²) in [5, 5.41) is 38.5. The Hall–Kier alpha value is -4.50. The van der Waals surface area contributed by atoms with Gasteiger partial charge in [0.15, 0.2) is 0 Å². The number of likely N-dealkylation sites (tertiary alicyclic amines) is 1. The SMILES string of the molecule is C.C.C.C.C.C.CCOCN1CC2C3=c4c5c6c7c(cc8cc9cc%10cc%11cc%12c%13c(c4c4c5c5c7c8c7c9c%10c8c%11c%13c4c8c75)=C(C3)C%12)CC62C1CC. The van der Waals surface area contributed by atoms with Gasteiger partial charge >= 0.3 is 0 Å². The molecular formula is C52H51NO. The molecule has 1 heterocycles. The Bertz CT molecular complexity index is 3660. The number of nitrogens with zero attached hydrogens (tertiary/aromatic N) is 1. The summed E-state index contributed by atoms with van der Waals surface area (Å²) in [5.41, 5.74) is 8.65. The lowest BCUT2D eigenvalue weighted by molar-refractivity contribution is 0.0192. The van der Waals surface area contributed by atoms with Crippen molar-refractivity contribution in [3.8, 4) is 0 Å². The van der Waals surface area contributed by atoms with Gasteiger partial charge < -0.3 is 4.74 Å². The normalized spacial score (nSPS) is 22.4. The fourth-order valence-electron chi connectivity index (χ4n) is 15.2. The molecule has 1 aliphatic heterocycles. The molecule has 3 unspecified atom stereocenters. The predicted octanol–water partition coefficient (Wildman–Crippen LogP) is 12.9. The molecule has 0 bridgehead atoms. The first-order valence-corrected chi connectivity index (χ1v) is 18.6. The molecule has 4 aliphatic carbocycles. The van der Waals surface area contributed by atoms with Crippen LogP contribution < -0.4 is 10.4 Å². The van der Waals surface area contributed by atoms with E-state index < -0.39 is 0 Å². The molecule has 0 amide bonds. The van der Waals surface area contributed by atoms with Crippen LogP contribution in [0.2, 0.25) is 0 Å². The van der Waals surface area contributed by atoms with Gasteiger partial charge in [-0.15, -0.1) is 0 Å². The molecule has 0 N–H and O–H groups in total. The summed E-state index contributed by atoms with van der Waals surface area (Å²) < 4.78 is 6.28. The Balaban J connectivity index is 0.000000569. The van der Waals surface area contributed by atoms with Crippen LogP contribution in [0.4, 0.5) is 0 Å². The van der Waals surface area contributed by atoms with Crippen molar-refractivity contribution >= 4 is 130 Å². The molecule has 0 saturated carbocycles. The number of rotatable bonds is 4. The van der Waals surface area contributed by atoms with Crippen molar-refractivity contribution in [2.45, 2.75) is 95.5 Å². The first-order valence-electron chi connectivity index (χ1n) is 18.6. The maximum Gasteiger partial charge on any atom is 0.0992 e. The van der Waals surface area contributed by atoms with Crippen LogP contribution >= 0.6 is 0 Å². The van der Waals surface area contributed by atoms with Gasteiger partial charge in [0.2, 0.25) is 0 Å². The lowest BCUT2D eigenvalue weighted by Gasteiger charge is -2.42. The Morgan fingerprint density at radius 3 is 1.70 bits per heavy atom. The molecule has 17 rings (SSSR count). The molecular weight excluding hydrogens is 655 g/mol. The second-order valence-electron chi connectivity index (χ2n) is 17.0. The van der Waals surface area contributed by atoms with Gasteiger partial charge in [-0.05, 0) is 196 Å². The number of fused-ring (bicyclic) bond motifs is 1. The molecule has 0 radical (unpaired) electrons. The summed E-state index contributed by atoms with van der Waals surface area (Å²) in [4.78, 5) is 2.78. The maximum atomic E-state index is 6.28. The van der Waals surface area contributed by atoms with Gasteiger partial charge in [-0.3, -0.25) is 4.90 Å². The van der Waals surface area contributed by atoms with E-state index >= 15 is 0 Å². The second kappa shape index (κ2) is 8.96. The Morgan fingerprint density at radius 1 is 0.556 bits per heavy atom. The fourth-order valence-corrected chi connectivity index (χ4v) is 15.2. The zero-order valence-corrected chi connectivity index (χ0v) is 26.8. The van der Waals surface area contributed by atoms with Crippen molar-refractivity contribution in [3.05, 3.63) is 57.5 Å². The van der Waals surface area contributed by atoms with Crippen molar-refractivity contribution in [2.24, 2.45) is 5.92 Å².